The number of carboxylic acid groups (broad SMARTS) is 1. The molecule has 3 unspecified atom stereocenters. The van der Waals surface area contributed by atoms with Crippen LogP contribution in [0, 0.1) is 0 Å². The molecule has 278 valence electrons. The first-order valence-corrected chi connectivity index (χ1v) is 20.1. The maximum atomic E-state index is 12.2. The summed E-state index contributed by atoms with van der Waals surface area (Å²) in [5.41, 5.74) is 0. The van der Waals surface area contributed by atoms with E-state index < -0.39 is 57.6 Å². The van der Waals surface area contributed by atoms with Crippen molar-refractivity contribution in [2.45, 2.75) is 187 Å². The third-order valence-electron chi connectivity index (χ3n) is 8.15. The minimum Gasteiger partial charge on any atom is -0.480 e. The van der Waals surface area contributed by atoms with Crippen LogP contribution in [0.25, 0.3) is 0 Å². The monoisotopic (exact) mass is 693 g/mol. The Balaban J connectivity index is 3.90. The fourth-order valence-corrected chi connectivity index (χ4v) is 5.97. The average molecular weight is 694 g/mol. The van der Waals surface area contributed by atoms with Crippen LogP contribution >= 0.6 is 7.82 Å². The first-order chi connectivity index (χ1) is 22.6. The Kier molecular flexibility index (Phi) is 30.7. The number of aliphatic hydroxyl groups is 1. The number of carbonyl (C=O) groups is 3. The zero-order chi connectivity index (χ0) is 35.0. The zero-order valence-corrected chi connectivity index (χ0v) is 30.5. The van der Waals surface area contributed by atoms with Crippen LogP contribution in [0.5, 0.6) is 0 Å². The van der Waals surface area contributed by atoms with Crippen LogP contribution in [-0.2, 0) is 32.7 Å². The van der Waals surface area contributed by atoms with Gasteiger partial charge < -0.3 is 25.2 Å². The maximum Gasteiger partial charge on any atom is 0.472 e. The predicted molar refractivity (Wildman–Crippen MR) is 185 cm³/mol. The van der Waals surface area contributed by atoms with Crippen LogP contribution in [0.15, 0.2) is 0 Å². The first-order valence-electron chi connectivity index (χ1n) is 18.6. The van der Waals surface area contributed by atoms with Crippen LogP contribution in [0.1, 0.15) is 174 Å². The van der Waals surface area contributed by atoms with Gasteiger partial charge in [-0.3, -0.25) is 18.6 Å². The molecule has 0 aromatic heterocycles. The smallest absolute Gasteiger partial charge is 0.472 e. The largest absolute Gasteiger partial charge is 0.480 e. The summed E-state index contributed by atoms with van der Waals surface area (Å²) in [4.78, 5) is 45.5. The highest BCUT2D eigenvalue weighted by molar-refractivity contribution is 7.47. The normalized spacial score (nSPS) is 14.0. The molecule has 12 heteroatoms. The van der Waals surface area contributed by atoms with Crippen molar-refractivity contribution in [1.29, 1.82) is 0 Å². The fraction of sp³-hybridized carbons (Fsp3) is 0.914. The summed E-state index contributed by atoms with van der Waals surface area (Å²) in [6.07, 6.45) is 25.8. The summed E-state index contributed by atoms with van der Waals surface area (Å²) in [6, 6.07) is -1.54. The van der Waals surface area contributed by atoms with Crippen LogP contribution in [0.3, 0.4) is 0 Å². The van der Waals surface area contributed by atoms with Crippen LogP contribution in [-0.4, -0.2) is 64.9 Å². The number of rotatable bonds is 35. The average Bonchev–Trinajstić information content (AvgIpc) is 3.04. The van der Waals surface area contributed by atoms with Gasteiger partial charge in [0.25, 0.3) is 0 Å². The van der Waals surface area contributed by atoms with Gasteiger partial charge in [-0.15, -0.1) is 0 Å². The molecular formula is C35H68NO10P. The molecule has 0 radical (unpaired) electrons. The molecule has 11 nitrogen and oxygen atoms in total. The van der Waals surface area contributed by atoms with Crippen LogP contribution in [0.2, 0.25) is 0 Å². The molecule has 0 heterocycles. The van der Waals surface area contributed by atoms with Crippen molar-refractivity contribution < 1.29 is 47.8 Å². The molecule has 0 fully saturated rings. The van der Waals surface area contributed by atoms with E-state index in [4.69, 9.17) is 13.8 Å². The lowest BCUT2D eigenvalue weighted by Crippen LogP contribution is -2.43. The molecule has 1 amide bonds. The van der Waals surface area contributed by atoms with Gasteiger partial charge in [0.2, 0.25) is 5.91 Å². The summed E-state index contributed by atoms with van der Waals surface area (Å²) in [5.74, 6) is -2.37. The summed E-state index contributed by atoms with van der Waals surface area (Å²) < 4.78 is 26.6. The van der Waals surface area contributed by atoms with Gasteiger partial charge in [0.05, 0.1) is 13.2 Å². The lowest BCUT2D eigenvalue weighted by Gasteiger charge is -2.18. The third-order valence-corrected chi connectivity index (χ3v) is 9.10. The minimum absolute atomic E-state index is 0.149. The number of carbonyl (C=O) groups excluding carboxylic acids is 2. The second kappa shape index (κ2) is 31.7. The van der Waals surface area contributed by atoms with Gasteiger partial charge >= 0.3 is 19.8 Å². The van der Waals surface area contributed by atoms with Crippen molar-refractivity contribution in [2.24, 2.45) is 0 Å². The van der Waals surface area contributed by atoms with E-state index in [0.29, 0.717) is 12.8 Å². The Morgan fingerprint density at radius 1 is 0.596 bits per heavy atom. The molecule has 0 bridgehead atoms. The molecule has 0 aliphatic heterocycles. The number of unbranched alkanes of at least 4 members (excludes halogenated alkanes) is 21. The number of esters is 1. The number of aliphatic hydroxyl groups excluding tert-OH is 1. The molecule has 3 atom stereocenters. The highest BCUT2D eigenvalue weighted by atomic mass is 31.2. The van der Waals surface area contributed by atoms with Crippen molar-refractivity contribution in [3.63, 3.8) is 0 Å². The summed E-state index contributed by atoms with van der Waals surface area (Å²) in [7, 11) is -4.73. The van der Waals surface area contributed by atoms with Gasteiger partial charge in [-0.1, -0.05) is 149 Å². The van der Waals surface area contributed by atoms with Gasteiger partial charge in [-0.2, -0.15) is 0 Å². The molecule has 0 saturated heterocycles. The lowest BCUT2D eigenvalue weighted by molar-refractivity contribution is -0.147. The highest BCUT2D eigenvalue weighted by Gasteiger charge is 2.28. The van der Waals surface area contributed by atoms with Gasteiger partial charge in [0.15, 0.2) is 6.04 Å². The molecule has 0 saturated carbocycles. The Bertz CT molecular complexity index is 828. The summed E-state index contributed by atoms with van der Waals surface area (Å²) in [6.45, 7) is 2.53. The number of phosphoric acid groups is 1. The first kappa shape index (κ1) is 45.5. The third kappa shape index (κ3) is 31.5. The molecule has 0 aromatic carbocycles. The molecule has 0 rings (SSSR count). The topological polar surface area (TPSA) is 169 Å². The van der Waals surface area contributed by atoms with Gasteiger partial charge in [-0.05, 0) is 12.8 Å². The Hall–Kier alpha value is -1.52. The van der Waals surface area contributed by atoms with E-state index in [9.17, 15) is 34.1 Å². The Morgan fingerprint density at radius 3 is 1.40 bits per heavy atom. The van der Waals surface area contributed by atoms with Crippen LogP contribution in [0.4, 0.5) is 0 Å². The maximum absolute atomic E-state index is 12.2. The van der Waals surface area contributed by atoms with E-state index in [2.05, 4.69) is 19.2 Å². The standard InChI is InChI=1S/C35H68NO10P/c1-3-5-7-9-11-13-14-15-16-17-18-19-21-23-25-27-34(39)44-28-31(37)29-45-47(42,43)46-30-32(35(40)41)36-33(38)26-24-22-20-12-10-8-6-4-2/h31-32,37H,3-30H2,1-2H3,(H,36,38)(H,40,41)(H,42,43). The van der Waals surface area contributed by atoms with E-state index in [1.54, 1.807) is 0 Å². The van der Waals surface area contributed by atoms with E-state index in [1.165, 1.54) is 96.3 Å². The van der Waals surface area contributed by atoms with Gasteiger partial charge in [-0.25, -0.2) is 9.36 Å². The number of amides is 1. The molecule has 0 aromatic rings. The van der Waals surface area contributed by atoms with Gasteiger partial charge in [0, 0.05) is 12.8 Å². The van der Waals surface area contributed by atoms with E-state index >= 15 is 0 Å². The van der Waals surface area contributed by atoms with Crippen molar-refractivity contribution in [3.8, 4) is 0 Å². The fourth-order valence-electron chi connectivity index (χ4n) is 5.20. The lowest BCUT2D eigenvalue weighted by atomic mass is 10.0. The van der Waals surface area contributed by atoms with Crippen molar-refractivity contribution in [1.82, 2.24) is 5.32 Å². The van der Waals surface area contributed by atoms with Crippen molar-refractivity contribution in [2.75, 3.05) is 19.8 Å². The van der Waals surface area contributed by atoms with Gasteiger partial charge in [0.1, 0.15) is 12.7 Å². The number of hydrogen-bond donors (Lipinski definition) is 4. The molecule has 0 aliphatic rings. The SMILES string of the molecule is CCCCCCCCCCCCCCCCCC(=O)OCC(O)COP(=O)(O)OCC(NC(=O)CCCCCCCCCC)C(=O)O. The van der Waals surface area contributed by atoms with E-state index in [1.807, 2.05) is 0 Å². The second-order valence-corrected chi connectivity index (χ2v) is 14.2. The van der Waals surface area contributed by atoms with Crippen LogP contribution < -0.4 is 5.32 Å². The molecule has 4 N–H and O–H groups in total. The molecule has 47 heavy (non-hydrogen) atoms. The molecule has 0 aliphatic carbocycles. The Morgan fingerprint density at radius 2 is 0.979 bits per heavy atom. The second-order valence-electron chi connectivity index (χ2n) is 12.8. The number of hydrogen-bond acceptors (Lipinski definition) is 8. The number of carboxylic acids is 1. The quantitative estimate of drug-likeness (QED) is 0.0287. The van der Waals surface area contributed by atoms with E-state index in [-0.39, 0.29) is 12.8 Å². The zero-order valence-electron chi connectivity index (χ0n) is 29.6. The number of phosphoric ester groups is 1. The number of ether oxygens (including phenoxy) is 1. The predicted octanol–water partition coefficient (Wildman–Crippen LogP) is 8.39. The van der Waals surface area contributed by atoms with E-state index in [0.717, 1.165) is 38.5 Å². The minimum atomic E-state index is -4.73. The molecule has 0 spiro atoms. The summed E-state index contributed by atoms with van der Waals surface area (Å²) in [5, 5.41) is 21.6. The highest BCUT2D eigenvalue weighted by Crippen LogP contribution is 2.43. The molecular weight excluding hydrogens is 625 g/mol. The van der Waals surface area contributed by atoms with Crippen molar-refractivity contribution in [3.05, 3.63) is 0 Å². The summed E-state index contributed by atoms with van der Waals surface area (Å²) >= 11 is 0. The number of nitrogens with one attached hydrogen (secondary N) is 1. The number of aliphatic carboxylic acids is 1. The Labute approximate surface area is 284 Å². The van der Waals surface area contributed by atoms with Crippen molar-refractivity contribution >= 4 is 25.7 Å².